The van der Waals surface area contributed by atoms with Gasteiger partial charge in [-0.3, -0.25) is 19.2 Å². The molecule has 13 nitrogen and oxygen atoms in total. The number of carboxylic acids is 2. The summed E-state index contributed by atoms with van der Waals surface area (Å²) in [4.78, 5) is 57.1. The van der Waals surface area contributed by atoms with Gasteiger partial charge in [0.25, 0.3) is 0 Å². The van der Waals surface area contributed by atoms with E-state index < -0.39 is 73.5 Å². The van der Waals surface area contributed by atoms with Crippen molar-refractivity contribution in [2.24, 2.45) is 5.73 Å². The van der Waals surface area contributed by atoms with Gasteiger partial charge in [0.15, 0.2) is 0 Å². The number of aliphatic hydroxyl groups excluding tert-OH is 2. The second-order valence-corrected chi connectivity index (χ2v) is 5.64. The lowest BCUT2D eigenvalue weighted by Gasteiger charge is -2.23. The van der Waals surface area contributed by atoms with Crippen LogP contribution in [0, 0.1) is 0 Å². The van der Waals surface area contributed by atoms with Crippen molar-refractivity contribution in [1.29, 1.82) is 0 Å². The number of amides is 3. The molecular weight excluding hydrogens is 388 g/mol. The molecule has 0 aromatic rings. The van der Waals surface area contributed by atoms with Crippen LogP contribution >= 0.6 is 12.6 Å². The first-order chi connectivity index (χ1) is 12.6. The summed E-state index contributed by atoms with van der Waals surface area (Å²) in [6.45, 7) is -1.81. The van der Waals surface area contributed by atoms with Crippen LogP contribution in [0.1, 0.15) is 6.42 Å². The van der Waals surface area contributed by atoms with E-state index in [-0.39, 0.29) is 5.75 Å². The summed E-state index contributed by atoms with van der Waals surface area (Å²) in [5.74, 6) is -6.07. The van der Waals surface area contributed by atoms with Gasteiger partial charge in [0, 0.05) is 5.75 Å². The molecule has 0 aliphatic heterocycles. The normalized spacial score (nSPS) is 15.0. The number of thiol groups is 1. The van der Waals surface area contributed by atoms with E-state index in [4.69, 9.17) is 21.1 Å². The Bertz CT molecular complexity index is 574. The van der Waals surface area contributed by atoms with Crippen LogP contribution in [0.3, 0.4) is 0 Å². The van der Waals surface area contributed by atoms with Gasteiger partial charge in [-0.2, -0.15) is 12.6 Å². The van der Waals surface area contributed by atoms with Gasteiger partial charge in [0.05, 0.1) is 25.7 Å². The molecule has 0 fully saturated rings. The fourth-order valence-corrected chi connectivity index (χ4v) is 1.94. The Labute approximate surface area is 158 Å². The smallest absolute Gasteiger partial charge is 0.328 e. The minimum Gasteiger partial charge on any atom is -0.481 e. The summed E-state index contributed by atoms with van der Waals surface area (Å²) in [7, 11) is 0. The van der Waals surface area contributed by atoms with Gasteiger partial charge in [-0.25, -0.2) is 4.79 Å². The van der Waals surface area contributed by atoms with Crippen LogP contribution < -0.4 is 21.7 Å². The molecule has 154 valence electrons. The number of nitrogens with one attached hydrogen (secondary N) is 3. The van der Waals surface area contributed by atoms with Gasteiger partial charge in [0.1, 0.15) is 18.1 Å². The summed E-state index contributed by atoms with van der Waals surface area (Å²) < 4.78 is 0. The SMILES string of the molecule is NC(CC(=O)O)C(=O)NC(CS)C(=O)NC(CO)C(=O)NC(CO)C(=O)O. The number of carbonyl (C=O) groups excluding carboxylic acids is 3. The third-order valence-electron chi connectivity index (χ3n) is 3.16. The van der Waals surface area contributed by atoms with E-state index in [1.807, 2.05) is 5.32 Å². The predicted molar refractivity (Wildman–Crippen MR) is 91.7 cm³/mol. The molecule has 0 saturated carbocycles. The molecule has 0 rings (SSSR count). The fourth-order valence-electron chi connectivity index (χ4n) is 1.68. The lowest BCUT2D eigenvalue weighted by atomic mass is 10.2. The maximum atomic E-state index is 12.1. The zero-order chi connectivity index (χ0) is 21.1. The molecule has 0 radical (unpaired) electrons. The molecule has 0 aromatic heterocycles. The summed E-state index contributed by atoms with van der Waals surface area (Å²) in [6, 6.07) is -5.94. The van der Waals surface area contributed by atoms with Crippen molar-refractivity contribution in [3.8, 4) is 0 Å². The largest absolute Gasteiger partial charge is 0.481 e. The number of hydrogen-bond acceptors (Lipinski definition) is 9. The molecule has 0 saturated heterocycles. The third kappa shape index (κ3) is 8.67. The van der Waals surface area contributed by atoms with Crippen LogP contribution in [0.4, 0.5) is 0 Å². The molecule has 0 bridgehead atoms. The van der Waals surface area contributed by atoms with Crippen LogP contribution in [0.15, 0.2) is 0 Å². The van der Waals surface area contributed by atoms with Gasteiger partial charge in [0.2, 0.25) is 17.7 Å². The Morgan fingerprint density at radius 2 is 1.26 bits per heavy atom. The highest BCUT2D eigenvalue weighted by molar-refractivity contribution is 7.80. The van der Waals surface area contributed by atoms with Crippen LogP contribution in [0.2, 0.25) is 0 Å². The van der Waals surface area contributed by atoms with Gasteiger partial charge >= 0.3 is 11.9 Å². The molecule has 27 heavy (non-hydrogen) atoms. The second-order valence-electron chi connectivity index (χ2n) is 5.27. The Morgan fingerprint density at radius 3 is 1.67 bits per heavy atom. The Balaban J connectivity index is 4.91. The predicted octanol–water partition coefficient (Wildman–Crippen LogP) is -4.76. The summed E-state index contributed by atoms with van der Waals surface area (Å²) in [5.41, 5.74) is 5.36. The topological polar surface area (TPSA) is 228 Å². The molecule has 4 unspecified atom stereocenters. The number of carbonyl (C=O) groups is 5. The van der Waals surface area contributed by atoms with Crippen LogP contribution in [-0.2, 0) is 24.0 Å². The van der Waals surface area contributed by atoms with Crippen LogP contribution in [0.25, 0.3) is 0 Å². The standard InChI is InChI=1S/C13H22N4O9S/c14-5(1-9(20)21)10(22)17-8(4-27)12(24)15-6(2-18)11(23)16-7(3-19)13(25)26/h5-8,18-19,27H,1-4,14H2,(H,15,24)(H,16,23)(H,17,22)(H,20,21)(H,25,26). The molecule has 4 atom stereocenters. The minimum absolute atomic E-state index is 0.245. The van der Waals surface area contributed by atoms with Crippen molar-refractivity contribution >= 4 is 42.3 Å². The molecule has 0 aromatic carbocycles. The van der Waals surface area contributed by atoms with Crippen molar-refractivity contribution in [2.45, 2.75) is 30.6 Å². The fraction of sp³-hybridized carbons (Fsp3) is 0.615. The molecule has 0 aliphatic carbocycles. The Morgan fingerprint density at radius 1 is 0.815 bits per heavy atom. The van der Waals surface area contributed by atoms with Crippen molar-refractivity contribution in [3.05, 3.63) is 0 Å². The highest BCUT2D eigenvalue weighted by Crippen LogP contribution is 1.96. The molecule has 0 aliphatic rings. The highest BCUT2D eigenvalue weighted by atomic mass is 32.1. The highest BCUT2D eigenvalue weighted by Gasteiger charge is 2.29. The molecule has 3 amide bonds. The van der Waals surface area contributed by atoms with Crippen LogP contribution in [0.5, 0.6) is 0 Å². The zero-order valence-corrected chi connectivity index (χ0v) is 14.9. The first-order valence-electron chi connectivity index (χ1n) is 7.51. The van der Waals surface area contributed by atoms with E-state index in [0.717, 1.165) is 0 Å². The number of aliphatic carboxylic acids is 2. The lowest BCUT2D eigenvalue weighted by molar-refractivity contribution is -0.143. The Kier molecular flexibility index (Phi) is 11.0. The quantitative estimate of drug-likeness (QED) is 0.139. The average molecular weight is 410 g/mol. The number of hydrogen-bond donors (Lipinski definition) is 9. The van der Waals surface area contributed by atoms with E-state index in [2.05, 4.69) is 23.3 Å². The second kappa shape index (κ2) is 12.1. The van der Waals surface area contributed by atoms with E-state index in [1.54, 1.807) is 0 Å². The number of nitrogens with two attached hydrogens (primary N) is 1. The van der Waals surface area contributed by atoms with Crippen molar-refractivity contribution in [1.82, 2.24) is 16.0 Å². The van der Waals surface area contributed by atoms with E-state index >= 15 is 0 Å². The van der Waals surface area contributed by atoms with E-state index in [0.29, 0.717) is 0 Å². The molecule has 0 heterocycles. The van der Waals surface area contributed by atoms with Crippen molar-refractivity contribution < 1.29 is 44.4 Å². The summed E-state index contributed by atoms with van der Waals surface area (Å²) in [5, 5.41) is 41.6. The summed E-state index contributed by atoms with van der Waals surface area (Å²) in [6.07, 6.45) is -0.674. The monoisotopic (exact) mass is 410 g/mol. The number of aliphatic hydroxyl groups is 2. The first-order valence-corrected chi connectivity index (χ1v) is 8.14. The Hall–Kier alpha value is -2.42. The van der Waals surface area contributed by atoms with E-state index in [9.17, 15) is 29.1 Å². The third-order valence-corrected chi connectivity index (χ3v) is 3.52. The molecular formula is C13H22N4O9S. The van der Waals surface area contributed by atoms with Gasteiger partial charge in [-0.15, -0.1) is 0 Å². The summed E-state index contributed by atoms with van der Waals surface area (Å²) >= 11 is 3.86. The molecule has 14 heteroatoms. The molecule has 9 N–H and O–H groups in total. The molecule has 0 spiro atoms. The minimum atomic E-state index is -1.64. The maximum Gasteiger partial charge on any atom is 0.328 e. The zero-order valence-electron chi connectivity index (χ0n) is 14.0. The van der Waals surface area contributed by atoms with Crippen molar-refractivity contribution in [3.63, 3.8) is 0 Å². The average Bonchev–Trinajstić information content (AvgIpc) is 2.60. The first kappa shape index (κ1) is 24.6. The number of carboxylic acid groups (broad SMARTS) is 2. The lowest BCUT2D eigenvalue weighted by Crippen LogP contribution is -2.59. The number of rotatable bonds is 12. The van der Waals surface area contributed by atoms with E-state index in [1.165, 1.54) is 0 Å². The van der Waals surface area contributed by atoms with Crippen molar-refractivity contribution in [2.75, 3.05) is 19.0 Å². The van der Waals surface area contributed by atoms with Gasteiger partial charge in [-0.1, -0.05) is 0 Å². The van der Waals surface area contributed by atoms with Gasteiger partial charge < -0.3 is 42.1 Å². The van der Waals surface area contributed by atoms with Gasteiger partial charge in [-0.05, 0) is 0 Å². The van der Waals surface area contributed by atoms with Crippen LogP contribution in [-0.4, -0.2) is 93.2 Å². The maximum absolute atomic E-state index is 12.1.